The molecule has 1 aliphatic rings. The highest BCUT2D eigenvalue weighted by atomic mass is 35.5. The van der Waals surface area contributed by atoms with Gasteiger partial charge in [0.05, 0.1) is 12.1 Å². The Bertz CT molecular complexity index is 705. The normalized spacial score (nSPS) is 14.1. The number of esters is 1. The SMILES string of the molecule is COc1ccc(C(=O)COC(=O)CN2C(=O)CN(C)C2=O)cc1Cl. The van der Waals surface area contributed by atoms with Crippen LogP contribution in [-0.4, -0.2) is 67.3 Å². The van der Waals surface area contributed by atoms with E-state index < -0.39 is 36.8 Å². The first-order valence-electron chi connectivity index (χ1n) is 6.91. The van der Waals surface area contributed by atoms with Gasteiger partial charge in [-0.1, -0.05) is 11.6 Å². The number of carbonyl (C=O) groups is 4. The Balaban J connectivity index is 1.90. The number of imide groups is 1. The van der Waals surface area contributed by atoms with E-state index in [1.54, 1.807) is 0 Å². The molecule has 24 heavy (non-hydrogen) atoms. The molecule has 1 aromatic rings. The van der Waals surface area contributed by atoms with Crippen LogP contribution in [-0.2, 0) is 14.3 Å². The second-order valence-corrected chi connectivity index (χ2v) is 5.46. The fraction of sp³-hybridized carbons (Fsp3) is 0.333. The molecule has 0 bridgehead atoms. The molecule has 1 heterocycles. The lowest BCUT2D eigenvalue weighted by atomic mass is 10.1. The number of benzene rings is 1. The van der Waals surface area contributed by atoms with E-state index in [9.17, 15) is 19.2 Å². The summed E-state index contributed by atoms with van der Waals surface area (Å²) in [5.74, 6) is -1.39. The fourth-order valence-electron chi connectivity index (χ4n) is 2.07. The van der Waals surface area contributed by atoms with Crippen molar-refractivity contribution < 1.29 is 28.7 Å². The number of halogens is 1. The number of hydrogen-bond donors (Lipinski definition) is 0. The number of likely N-dealkylation sites (N-methyl/N-ethyl adjacent to an activating group) is 1. The molecule has 0 saturated carbocycles. The van der Waals surface area contributed by atoms with Gasteiger partial charge in [-0.05, 0) is 18.2 Å². The topological polar surface area (TPSA) is 93.2 Å². The van der Waals surface area contributed by atoms with Crippen LogP contribution in [0, 0.1) is 0 Å². The van der Waals surface area contributed by atoms with Crippen LogP contribution in [0.15, 0.2) is 18.2 Å². The van der Waals surface area contributed by atoms with Crippen LogP contribution < -0.4 is 4.74 Å². The predicted octanol–water partition coefficient (Wildman–Crippen LogP) is 0.969. The molecule has 3 amide bonds. The molecular formula is C15H15ClN2O6. The molecule has 0 radical (unpaired) electrons. The Morgan fingerprint density at radius 1 is 1.29 bits per heavy atom. The number of Topliss-reactive ketones (excluding diaryl/α,β-unsaturated/α-hetero) is 1. The Kier molecular flexibility index (Phi) is 5.40. The summed E-state index contributed by atoms with van der Waals surface area (Å²) in [5, 5.41) is 0.256. The lowest BCUT2D eigenvalue weighted by molar-refractivity contribution is -0.145. The lowest BCUT2D eigenvalue weighted by Gasteiger charge is -2.13. The highest BCUT2D eigenvalue weighted by molar-refractivity contribution is 6.32. The molecule has 1 aliphatic heterocycles. The average molecular weight is 355 g/mol. The van der Waals surface area contributed by atoms with Gasteiger partial charge in [-0.2, -0.15) is 0 Å². The van der Waals surface area contributed by atoms with E-state index in [1.807, 2.05) is 0 Å². The Morgan fingerprint density at radius 2 is 2.00 bits per heavy atom. The molecule has 9 heteroatoms. The first-order chi connectivity index (χ1) is 11.3. The third kappa shape index (κ3) is 3.83. The summed E-state index contributed by atoms with van der Waals surface area (Å²) in [4.78, 5) is 48.8. The predicted molar refractivity (Wildman–Crippen MR) is 83.0 cm³/mol. The van der Waals surface area contributed by atoms with Crippen molar-refractivity contribution >= 4 is 35.3 Å². The third-order valence-corrected chi connectivity index (χ3v) is 3.65. The van der Waals surface area contributed by atoms with Gasteiger partial charge < -0.3 is 14.4 Å². The van der Waals surface area contributed by atoms with Crippen LogP contribution in [0.3, 0.4) is 0 Å². The Hall–Kier alpha value is -2.61. The molecule has 0 aliphatic carbocycles. The molecule has 1 aromatic carbocycles. The van der Waals surface area contributed by atoms with E-state index in [0.29, 0.717) is 5.75 Å². The van der Waals surface area contributed by atoms with Crippen LogP contribution >= 0.6 is 11.6 Å². The number of rotatable bonds is 6. The maximum absolute atomic E-state index is 12.0. The highest BCUT2D eigenvalue weighted by Crippen LogP contribution is 2.25. The monoisotopic (exact) mass is 354 g/mol. The molecule has 0 N–H and O–H groups in total. The van der Waals surface area contributed by atoms with Crippen molar-refractivity contribution in [3.8, 4) is 5.75 Å². The fourth-order valence-corrected chi connectivity index (χ4v) is 2.33. The molecule has 0 aromatic heterocycles. The number of nitrogens with zero attached hydrogens (tertiary/aromatic N) is 2. The third-order valence-electron chi connectivity index (χ3n) is 3.36. The molecule has 8 nitrogen and oxygen atoms in total. The highest BCUT2D eigenvalue weighted by Gasteiger charge is 2.35. The van der Waals surface area contributed by atoms with E-state index in [4.69, 9.17) is 21.1 Å². The van der Waals surface area contributed by atoms with E-state index in [-0.39, 0.29) is 17.1 Å². The zero-order valence-electron chi connectivity index (χ0n) is 13.1. The first-order valence-corrected chi connectivity index (χ1v) is 7.29. The summed E-state index contributed by atoms with van der Waals surface area (Å²) in [6, 6.07) is 3.84. The van der Waals surface area contributed by atoms with Crippen LogP contribution in [0.1, 0.15) is 10.4 Å². The van der Waals surface area contributed by atoms with Crippen LogP contribution in [0.25, 0.3) is 0 Å². The van der Waals surface area contributed by atoms with E-state index in [0.717, 1.165) is 4.90 Å². The second-order valence-electron chi connectivity index (χ2n) is 5.05. The number of ketones is 1. The van der Waals surface area contributed by atoms with Crippen molar-refractivity contribution in [1.82, 2.24) is 9.80 Å². The van der Waals surface area contributed by atoms with Crippen molar-refractivity contribution in [3.63, 3.8) is 0 Å². The quantitative estimate of drug-likeness (QED) is 0.429. The van der Waals surface area contributed by atoms with E-state index >= 15 is 0 Å². The standard InChI is InChI=1S/C15H15ClN2O6/c1-17-6-13(20)18(15(17)22)7-14(21)24-8-11(19)9-3-4-12(23-2)10(16)5-9/h3-5H,6-8H2,1-2H3. The van der Waals surface area contributed by atoms with Gasteiger partial charge in [0, 0.05) is 12.6 Å². The number of urea groups is 1. The summed E-state index contributed by atoms with van der Waals surface area (Å²) in [7, 11) is 2.89. The minimum atomic E-state index is -0.847. The number of carbonyl (C=O) groups excluding carboxylic acids is 4. The van der Waals surface area contributed by atoms with Gasteiger partial charge in [0.1, 0.15) is 18.8 Å². The van der Waals surface area contributed by atoms with E-state index in [2.05, 4.69) is 0 Å². The van der Waals surface area contributed by atoms with Crippen LogP contribution in [0.4, 0.5) is 4.79 Å². The molecule has 2 rings (SSSR count). The van der Waals surface area contributed by atoms with Crippen molar-refractivity contribution in [1.29, 1.82) is 0 Å². The summed E-state index contributed by atoms with van der Waals surface area (Å²) >= 11 is 5.92. The van der Waals surface area contributed by atoms with Gasteiger partial charge in [-0.25, -0.2) is 4.79 Å². The molecular weight excluding hydrogens is 340 g/mol. The van der Waals surface area contributed by atoms with Gasteiger partial charge >= 0.3 is 12.0 Å². The van der Waals surface area contributed by atoms with Crippen molar-refractivity contribution in [2.75, 3.05) is 33.9 Å². The first kappa shape index (κ1) is 17.7. The van der Waals surface area contributed by atoms with Crippen molar-refractivity contribution in [3.05, 3.63) is 28.8 Å². The molecule has 0 spiro atoms. The number of ether oxygens (including phenoxy) is 2. The maximum Gasteiger partial charge on any atom is 0.327 e. The zero-order valence-corrected chi connectivity index (χ0v) is 13.8. The van der Waals surface area contributed by atoms with E-state index in [1.165, 1.54) is 37.3 Å². The van der Waals surface area contributed by atoms with Gasteiger partial charge in [0.25, 0.3) is 5.91 Å². The number of methoxy groups -OCH3 is 1. The van der Waals surface area contributed by atoms with Gasteiger partial charge in [-0.3, -0.25) is 19.3 Å². The van der Waals surface area contributed by atoms with Gasteiger partial charge in [-0.15, -0.1) is 0 Å². The van der Waals surface area contributed by atoms with Crippen LogP contribution in [0.2, 0.25) is 5.02 Å². The number of hydrogen-bond acceptors (Lipinski definition) is 6. The van der Waals surface area contributed by atoms with Gasteiger partial charge in [0.15, 0.2) is 12.4 Å². The largest absolute Gasteiger partial charge is 0.495 e. The lowest BCUT2D eigenvalue weighted by Crippen LogP contribution is -2.37. The summed E-state index contributed by atoms with van der Waals surface area (Å²) < 4.78 is 9.80. The smallest absolute Gasteiger partial charge is 0.327 e. The summed E-state index contributed by atoms with van der Waals surface area (Å²) in [6.45, 7) is -1.14. The zero-order chi connectivity index (χ0) is 17.9. The summed E-state index contributed by atoms with van der Waals surface area (Å²) in [6.07, 6.45) is 0. The second kappa shape index (κ2) is 7.31. The molecule has 0 unspecified atom stereocenters. The molecule has 1 fully saturated rings. The molecule has 1 saturated heterocycles. The van der Waals surface area contributed by atoms with Crippen molar-refractivity contribution in [2.45, 2.75) is 0 Å². The minimum absolute atomic E-state index is 0.0879. The maximum atomic E-state index is 12.0. The van der Waals surface area contributed by atoms with Crippen molar-refractivity contribution in [2.24, 2.45) is 0 Å². The summed E-state index contributed by atoms with van der Waals surface area (Å²) in [5.41, 5.74) is 0.252. The minimum Gasteiger partial charge on any atom is -0.495 e. The Morgan fingerprint density at radius 3 is 2.54 bits per heavy atom. The van der Waals surface area contributed by atoms with Gasteiger partial charge in [0.2, 0.25) is 0 Å². The Labute approximate surface area is 142 Å². The molecule has 0 atom stereocenters. The van der Waals surface area contributed by atoms with Crippen LogP contribution in [0.5, 0.6) is 5.75 Å². The molecule has 128 valence electrons. The average Bonchev–Trinajstić information content (AvgIpc) is 2.78. The number of amides is 3.